The third kappa shape index (κ3) is 3.35. The highest BCUT2D eigenvalue weighted by molar-refractivity contribution is 5.78. The molecule has 0 aromatic rings. The van der Waals surface area contributed by atoms with Gasteiger partial charge >= 0.3 is 0 Å². The number of guanidine groups is 1. The zero-order valence-corrected chi connectivity index (χ0v) is 9.95. The van der Waals surface area contributed by atoms with Crippen LogP contribution in [0.3, 0.4) is 0 Å². The van der Waals surface area contributed by atoms with Gasteiger partial charge in [0.05, 0.1) is 0 Å². The molecule has 5 nitrogen and oxygen atoms in total. The van der Waals surface area contributed by atoms with Crippen molar-refractivity contribution in [3.63, 3.8) is 0 Å². The molecule has 4 N–H and O–H groups in total. The minimum atomic E-state index is 0.532. The van der Waals surface area contributed by atoms with Crippen molar-refractivity contribution < 1.29 is 0 Å². The molecule has 1 saturated heterocycles. The average molecular weight is 213 g/mol. The van der Waals surface area contributed by atoms with Crippen LogP contribution < -0.4 is 16.7 Å². The van der Waals surface area contributed by atoms with E-state index in [1.807, 2.05) is 6.92 Å². The summed E-state index contributed by atoms with van der Waals surface area (Å²) in [6, 6.07) is 1.06. The van der Waals surface area contributed by atoms with Crippen LogP contribution in [0.2, 0.25) is 0 Å². The normalized spacial score (nSPS) is 28.9. The first kappa shape index (κ1) is 12.3. The number of aliphatic imine (C=N–C) groups is 1. The predicted molar refractivity (Wildman–Crippen MR) is 63.0 cm³/mol. The maximum Gasteiger partial charge on any atom is 0.220 e. The van der Waals surface area contributed by atoms with Crippen molar-refractivity contribution in [2.24, 2.45) is 10.8 Å². The molecule has 0 bridgehead atoms. The van der Waals surface area contributed by atoms with Crippen molar-refractivity contribution >= 4 is 5.96 Å². The summed E-state index contributed by atoms with van der Waals surface area (Å²) in [6.07, 6.45) is 3.75. The van der Waals surface area contributed by atoms with Crippen LogP contribution in [-0.2, 0) is 0 Å². The van der Waals surface area contributed by atoms with E-state index in [4.69, 9.17) is 5.84 Å². The molecule has 5 heteroatoms. The minimum Gasteiger partial charge on any atom is -0.293 e. The summed E-state index contributed by atoms with van der Waals surface area (Å²) in [5.74, 6) is 6.05. The van der Waals surface area contributed by atoms with Crippen LogP contribution in [0, 0.1) is 0 Å². The van der Waals surface area contributed by atoms with E-state index in [1.165, 1.54) is 19.3 Å². The van der Waals surface area contributed by atoms with Gasteiger partial charge in [-0.05, 0) is 33.6 Å². The highest BCUT2D eigenvalue weighted by Crippen LogP contribution is 2.19. The first-order chi connectivity index (χ1) is 7.19. The second-order valence-electron chi connectivity index (χ2n) is 4.12. The summed E-state index contributed by atoms with van der Waals surface area (Å²) in [4.78, 5) is 4.23. The van der Waals surface area contributed by atoms with Crippen molar-refractivity contribution in [1.82, 2.24) is 15.9 Å². The van der Waals surface area contributed by atoms with Gasteiger partial charge in [0, 0.05) is 18.6 Å². The molecule has 0 aromatic heterocycles. The highest BCUT2D eigenvalue weighted by Gasteiger charge is 2.25. The van der Waals surface area contributed by atoms with Gasteiger partial charge in [-0.2, -0.15) is 0 Å². The fourth-order valence-corrected chi connectivity index (χ4v) is 2.04. The Balaban J connectivity index is 2.57. The highest BCUT2D eigenvalue weighted by atomic mass is 15.6. The van der Waals surface area contributed by atoms with Gasteiger partial charge in [0.2, 0.25) is 5.96 Å². The molecule has 1 aliphatic heterocycles. The van der Waals surface area contributed by atoms with Crippen molar-refractivity contribution in [2.75, 3.05) is 6.54 Å². The van der Waals surface area contributed by atoms with Crippen LogP contribution in [0.5, 0.6) is 0 Å². The molecule has 0 amide bonds. The second-order valence-corrected chi connectivity index (χ2v) is 4.12. The van der Waals surface area contributed by atoms with Gasteiger partial charge in [-0.25, -0.2) is 10.9 Å². The smallest absolute Gasteiger partial charge is 0.220 e. The molecule has 0 aliphatic carbocycles. The Kier molecular flexibility index (Phi) is 4.84. The standard InChI is InChI=1S/C10H23N5/c1-4-12-10(13-11)14-15-8(2)6-5-7-9(15)3/h8-9H,4-7,11H2,1-3H3,(H2,12,13,14). The Morgan fingerprint density at radius 2 is 2.00 bits per heavy atom. The summed E-state index contributed by atoms with van der Waals surface area (Å²) in [6.45, 7) is 7.16. The maximum atomic E-state index is 5.40. The largest absolute Gasteiger partial charge is 0.293 e. The van der Waals surface area contributed by atoms with Crippen molar-refractivity contribution in [1.29, 1.82) is 0 Å². The van der Waals surface area contributed by atoms with E-state index in [2.05, 4.69) is 34.7 Å². The first-order valence-electron chi connectivity index (χ1n) is 5.75. The summed E-state index contributed by atoms with van der Waals surface area (Å²) in [5, 5.41) is 2.23. The second kappa shape index (κ2) is 5.92. The quantitative estimate of drug-likeness (QED) is 0.272. The van der Waals surface area contributed by atoms with E-state index in [9.17, 15) is 0 Å². The predicted octanol–water partition coefficient (Wildman–Crippen LogP) is 0.593. The van der Waals surface area contributed by atoms with Gasteiger partial charge < -0.3 is 0 Å². The summed E-state index contributed by atoms with van der Waals surface area (Å²) < 4.78 is 0. The van der Waals surface area contributed by atoms with Crippen LogP contribution in [0.15, 0.2) is 4.99 Å². The lowest BCUT2D eigenvalue weighted by atomic mass is 10.00. The van der Waals surface area contributed by atoms with Gasteiger partial charge in [0.25, 0.3) is 0 Å². The summed E-state index contributed by atoms with van der Waals surface area (Å²) >= 11 is 0. The Morgan fingerprint density at radius 1 is 1.40 bits per heavy atom. The molecule has 1 fully saturated rings. The minimum absolute atomic E-state index is 0.532. The first-order valence-corrected chi connectivity index (χ1v) is 5.75. The number of nitrogens with one attached hydrogen (secondary N) is 2. The van der Waals surface area contributed by atoms with Gasteiger partial charge in [0.15, 0.2) is 0 Å². The summed E-state index contributed by atoms with van der Waals surface area (Å²) in [7, 11) is 0. The van der Waals surface area contributed by atoms with E-state index in [-0.39, 0.29) is 0 Å². The molecule has 1 aliphatic rings. The third-order valence-corrected chi connectivity index (χ3v) is 2.88. The molecule has 1 rings (SSSR count). The lowest BCUT2D eigenvalue weighted by molar-refractivity contribution is 0.0724. The monoisotopic (exact) mass is 213 g/mol. The molecule has 15 heavy (non-hydrogen) atoms. The Morgan fingerprint density at radius 3 is 2.47 bits per heavy atom. The Bertz CT molecular complexity index is 206. The van der Waals surface area contributed by atoms with Crippen LogP contribution in [0.4, 0.5) is 0 Å². The van der Waals surface area contributed by atoms with Crippen LogP contribution in [-0.4, -0.2) is 29.6 Å². The summed E-state index contributed by atoms with van der Waals surface area (Å²) in [5.41, 5.74) is 5.84. The zero-order valence-electron chi connectivity index (χ0n) is 9.95. The van der Waals surface area contributed by atoms with Crippen molar-refractivity contribution in [2.45, 2.75) is 52.1 Å². The van der Waals surface area contributed by atoms with Crippen LogP contribution >= 0.6 is 0 Å². The molecular formula is C10H23N5. The topological polar surface area (TPSA) is 65.7 Å². The number of hydrazine groups is 2. The molecule has 0 spiro atoms. The Labute approximate surface area is 92.1 Å². The molecule has 0 saturated carbocycles. The number of hydrogen-bond acceptors (Lipinski definition) is 3. The number of hydrogen-bond donors (Lipinski definition) is 3. The molecule has 0 radical (unpaired) electrons. The van der Waals surface area contributed by atoms with E-state index in [0.29, 0.717) is 18.0 Å². The average Bonchev–Trinajstić information content (AvgIpc) is 2.22. The van der Waals surface area contributed by atoms with E-state index in [1.54, 1.807) is 0 Å². The van der Waals surface area contributed by atoms with Crippen molar-refractivity contribution in [3.8, 4) is 0 Å². The van der Waals surface area contributed by atoms with Crippen LogP contribution in [0.1, 0.15) is 40.0 Å². The third-order valence-electron chi connectivity index (χ3n) is 2.88. The number of rotatable bonds is 2. The molecule has 2 atom stereocenters. The number of piperidine rings is 1. The fraction of sp³-hybridized carbons (Fsp3) is 0.900. The lowest BCUT2D eigenvalue weighted by Gasteiger charge is -2.39. The zero-order chi connectivity index (χ0) is 11.3. The van der Waals surface area contributed by atoms with Gasteiger partial charge in [-0.3, -0.25) is 15.8 Å². The van der Waals surface area contributed by atoms with E-state index >= 15 is 0 Å². The number of nitrogens with two attached hydrogens (primary N) is 1. The van der Waals surface area contributed by atoms with Crippen molar-refractivity contribution in [3.05, 3.63) is 0 Å². The van der Waals surface area contributed by atoms with E-state index in [0.717, 1.165) is 6.54 Å². The number of nitrogens with zero attached hydrogens (tertiary/aromatic N) is 2. The molecule has 0 aromatic carbocycles. The van der Waals surface area contributed by atoms with Gasteiger partial charge in [-0.1, -0.05) is 6.42 Å². The molecule has 1 heterocycles. The molecule has 88 valence electrons. The SMILES string of the molecule is CCN=C(NN)NN1C(C)CCCC1C. The maximum absolute atomic E-state index is 5.40. The molecular weight excluding hydrogens is 190 g/mol. The van der Waals surface area contributed by atoms with Gasteiger partial charge in [0.1, 0.15) is 0 Å². The fourth-order valence-electron chi connectivity index (χ4n) is 2.04. The Hall–Kier alpha value is -0.810. The lowest BCUT2D eigenvalue weighted by Crippen LogP contribution is -2.58. The van der Waals surface area contributed by atoms with Crippen LogP contribution in [0.25, 0.3) is 0 Å². The molecule has 2 unspecified atom stereocenters. The van der Waals surface area contributed by atoms with E-state index < -0.39 is 0 Å². The van der Waals surface area contributed by atoms with Gasteiger partial charge in [-0.15, -0.1) is 0 Å².